The van der Waals surface area contributed by atoms with Crippen molar-refractivity contribution >= 4 is 0 Å². The van der Waals surface area contributed by atoms with E-state index in [2.05, 4.69) is 30.2 Å². The third-order valence-electron chi connectivity index (χ3n) is 3.18. The maximum Gasteiger partial charge on any atom is 0.0405 e. The molecule has 2 rings (SSSR count). The van der Waals surface area contributed by atoms with Crippen LogP contribution in [0.1, 0.15) is 42.1 Å². The lowest BCUT2D eigenvalue weighted by Crippen LogP contribution is -2.27. The van der Waals surface area contributed by atoms with Crippen LogP contribution in [0.25, 0.3) is 0 Å². The molecule has 1 aromatic rings. The molecule has 0 radical (unpaired) electrons. The first-order chi connectivity index (χ1) is 6.79. The molecule has 0 aliphatic carbocycles. The van der Waals surface area contributed by atoms with Crippen LogP contribution in [0.15, 0.2) is 12.3 Å². The van der Waals surface area contributed by atoms with E-state index < -0.39 is 0 Å². The summed E-state index contributed by atoms with van der Waals surface area (Å²) in [7, 11) is 0. The van der Waals surface area contributed by atoms with Gasteiger partial charge in [-0.15, -0.1) is 0 Å². The highest BCUT2D eigenvalue weighted by atomic mass is 14.9. The average Bonchev–Trinajstić information content (AvgIpc) is 2.23. The van der Waals surface area contributed by atoms with Crippen LogP contribution in [0.4, 0.5) is 0 Å². The number of rotatable bonds is 1. The van der Waals surface area contributed by atoms with Gasteiger partial charge in [0.25, 0.3) is 0 Å². The third kappa shape index (κ3) is 1.80. The van der Waals surface area contributed by atoms with Crippen LogP contribution in [-0.4, -0.2) is 11.5 Å². The van der Waals surface area contributed by atoms with E-state index in [1.54, 1.807) is 0 Å². The van der Waals surface area contributed by atoms with Gasteiger partial charge in [0.1, 0.15) is 0 Å². The minimum atomic E-state index is 0.561. The van der Waals surface area contributed by atoms with Gasteiger partial charge in [-0.25, -0.2) is 0 Å². The minimum Gasteiger partial charge on any atom is -0.310 e. The van der Waals surface area contributed by atoms with Crippen LogP contribution < -0.4 is 5.32 Å². The third-order valence-corrected chi connectivity index (χ3v) is 3.18. The monoisotopic (exact) mass is 190 g/mol. The lowest BCUT2D eigenvalue weighted by atomic mass is 9.94. The lowest BCUT2D eigenvalue weighted by molar-refractivity contribution is 0.410. The van der Waals surface area contributed by atoms with Gasteiger partial charge in [-0.3, -0.25) is 4.98 Å². The highest BCUT2D eigenvalue weighted by Gasteiger charge is 2.16. The predicted molar refractivity (Wildman–Crippen MR) is 58.3 cm³/mol. The maximum absolute atomic E-state index is 4.31. The Balaban J connectivity index is 2.26. The Morgan fingerprint density at radius 2 is 2.21 bits per heavy atom. The molecule has 14 heavy (non-hydrogen) atoms. The molecule has 0 spiro atoms. The van der Waals surface area contributed by atoms with Crippen LogP contribution in [0, 0.1) is 13.8 Å². The highest BCUT2D eigenvalue weighted by Crippen LogP contribution is 2.25. The van der Waals surface area contributed by atoms with Gasteiger partial charge in [-0.2, -0.15) is 0 Å². The fourth-order valence-electron chi connectivity index (χ4n) is 2.15. The molecule has 1 aliphatic rings. The zero-order chi connectivity index (χ0) is 9.97. The molecule has 1 aromatic heterocycles. The van der Waals surface area contributed by atoms with Crippen LogP contribution in [0.5, 0.6) is 0 Å². The summed E-state index contributed by atoms with van der Waals surface area (Å²) >= 11 is 0. The summed E-state index contributed by atoms with van der Waals surface area (Å²) < 4.78 is 0. The molecule has 76 valence electrons. The Hall–Kier alpha value is -0.890. The summed E-state index contributed by atoms with van der Waals surface area (Å²) in [6.45, 7) is 5.42. The molecule has 1 fully saturated rings. The van der Waals surface area contributed by atoms with Crippen molar-refractivity contribution in [2.24, 2.45) is 0 Å². The van der Waals surface area contributed by atoms with Crippen LogP contribution in [0.3, 0.4) is 0 Å². The Labute approximate surface area is 85.7 Å². The van der Waals surface area contributed by atoms with Crippen LogP contribution >= 0.6 is 0 Å². The second-order valence-electron chi connectivity index (χ2n) is 4.11. The zero-order valence-electron chi connectivity index (χ0n) is 9.01. The van der Waals surface area contributed by atoms with Gasteiger partial charge in [0.15, 0.2) is 0 Å². The quantitative estimate of drug-likeness (QED) is 0.736. The number of nitrogens with one attached hydrogen (secondary N) is 1. The first-order valence-electron chi connectivity index (χ1n) is 5.44. The van der Waals surface area contributed by atoms with Gasteiger partial charge < -0.3 is 5.32 Å². The molecule has 2 heterocycles. The number of hydrogen-bond acceptors (Lipinski definition) is 2. The lowest BCUT2D eigenvalue weighted by Gasteiger charge is -2.25. The molecule has 0 amide bonds. The van der Waals surface area contributed by atoms with Crippen molar-refractivity contribution in [1.29, 1.82) is 0 Å². The molecule has 0 saturated carbocycles. The Morgan fingerprint density at radius 3 is 2.93 bits per heavy atom. The maximum atomic E-state index is 4.31. The van der Waals surface area contributed by atoms with Crippen molar-refractivity contribution in [2.75, 3.05) is 6.54 Å². The van der Waals surface area contributed by atoms with E-state index in [0.29, 0.717) is 6.04 Å². The summed E-state index contributed by atoms with van der Waals surface area (Å²) in [5.41, 5.74) is 3.96. The van der Waals surface area contributed by atoms with E-state index >= 15 is 0 Å². The molecule has 2 heteroatoms. The number of nitrogens with zero attached hydrogens (tertiary/aromatic N) is 1. The van der Waals surface area contributed by atoms with Crippen molar-refractivity contribution < 1.29 is 0 Å². The number of pyridine rings is 1. The molecule has 0 bridgehead atoms. The number of aryl methyl sites for hydroxylation is 1. The van der Waals surface area contributed by atoms with Gasteiger partial charge in [0.2, 0.25) is 0 Å². The van der Waals surface area contributed by atoms with Crippen molar-refractivity contribution in [1.82, 2.24) is 10.3 Å². The number of piperidine rings is 1. The SMILES string of the molecule is Cc1nccc(C2CCCCN2)c1C. The number of hydrogen-bond donors (Lipinski definition) is 1. The van der Waals surface area contributed by atoms with Crippen LogP contribution in [0.2, 0.25) is 0 Å². The summed E-state index contributed by atoms with van der Waals surface area (Å²) in [6.07, 6.45) is 5.86. The number of aromatic nitrogens is 1. The van der Waals surface area contributed by atoms with Gasteiger partial charge in [0, 0.05) is 17.9 Å². The second-order valence-corrected chi connectivity index (χ2v) is 4.11. The highest BCUT2D eigenvalue weighted by molar-refractivity contribution is 5.30. The summed E-state index contributed by atoms with van der Waals surface area (Å²) in [5.74, 6) is 0. The molecule has 1 saturated heterocycles. The van der Waals surface area contributed by atoms with Gasteiger partial charge in [-0.05, 0) is 50.4 Å². The summed E-state index contributed by atoms with van der Waals surface area (Å²) in [4.78, 5) is 4.31. The summed E-state index contributed by atoms with van der Waals surface area (Å²) in [6, 6.07) is 2.72. The fourth-order valence-corrected chi connectivity index (χ4v) is 2.15. The molecular weight excluding hydrogens is 172 g/mol. The van der Waals surface area contributed by atoms with Crippen molar-refractivity contribution in [2.45, 2.75) is 39.2 Å². The molecule has 1 atom stereocenters. The predicted octanol–water partition coefficient (Wildman–Crippen LogP) is 2.51. The molecule has 1 aliphatic heterocycles. The molecule has 2 nitrogen and oxygen atoms in total. The van der Waals surface area contributed by atoms with Gasteiger partial charge in [-0.1, -0.05) is 6.42 Å². The van der Waals surface area contributed by atoms with Gasteiger partial charge in [0.05, 0.1) is 0 Å². The average molecular weight is 190 g/mol. The normalized spacial score (nSPS) is 22.3. The van der Waals surface area contributed by atoms with Crippen molar-refractivity contribution in [3.63, 3.8) is 0 Å². The molecule has 1 N–H and O–H groups in total. The van der Waals surface area contributed by atoms with E-state index in [-0.39, 0.29) is 0 Å². The van der Waals surface area contributed by atoms with E-state index in [4.69, 9.17) is 0 Å². The first-order valence-corrected chi connectivity index (χ1v) is 5.44. The largest absolute Gasteiger partial charge is 0.310 e. The topological polar surface area (TPSA) is 24.9 Å². The minimum absolute atomic E-state index is 0.561. The molecule has 0 aromatic carbocycles. The van der Waals surface area contributed by atoms with E-state index in [0.717, 1.165) is 12.2 Å². The second kappa shape index (κ2) is 4.09. The first kappa shape index (κ1) is 9.66. The molecular formula is C12H18N2. The zero-order valence-corrected chi connectivity index (χ0v) is 9.01. The smallest absolute Gasteiger partial charge is 0.0405 e. The molecule has 1 unspecified atom stereocenters. The van der Waals surface area contributed by atoms with Crippen molar-refractivity contribution in [3.8, 4) is 0 Å². The van der Waals surface area contributed by atoms with E-state index in [1.807, 2.05) is 6.20 Å². The fraction of sp³-hybridized carbons (Fsp3) is 0.583. The Morgan fingerprint density at radius 1 is 1.36 bits per heavy atom. The van der Waals surface area contributed by atoms with E-state index in [1.165, 1.54) is 30.4 Å². The Bertz CT molecular complexity index is 314. The van der Waals surface area contributed by atoms with E-state index in [9.17, 15) is 0 Å². The Kier molecular flexibility index (Phi) is 2.82. The van der Waals surface area contributed by atoms with Crippen molar-refractivity contribution in [3.05, 3.63) is 29.1 Å². The standard InChI is InChI=1S/C12H18N2/c1-9-10(2)13-8-6-11(9)12-5-3-4-7-14-12/h6,8,12,14H,3-5,7H2,1-2H3. The van der Waals surface area contributed by atoms with Gasteiger partial charge >= 0.3 is 0 Å². The van der Waals surface area contributed by atoms with Crippen LogP contribution in [-0.2, 0) is 0 Å². The summed E-state index contributed by atoms with van der Waals surface area (Å²) in [5, 5.41) is 3.58.